The molecule has 1 N–H and O–H groups in total. The number of ether oxygens (including phenoxy) is 1. The van der Waals surface area contributed by atoms with Crippen molar-refractivity contribution in [3.63, 3.8) is 0 Å². The second-order valence-electron chi connectivity index (χ2n) is 6.02. The van der Waals surface area contributed by atoms with E-state index in [9.17, 15) is 9.59 Å². The number of hydrogen-bond acceptors (Lipinski definition) is 4. The number of phenolic OH excluding ortho intramolecular Hbond substituents is 1. The van der Waals surface area contributed by atoms with E-state index in [1.165, 1.54) is 44.2 Å². The molecule has 0 aliphatic carbocycles. The molecule has 140 valence electrons. The Balaban J connectivity index is 0.000000314. The Hall–Kier alpha value is -2.62. The maximum absolute atomic E-state index is 10.6. The van der Waals surface area contributed by atoms with Crippen molar-refractivity contribution in [1.29, 1.82) is 0 Å². The standard InChI is InChI=1S/C15H22O2.C7H6O2/c1-2-3-4-5-6-7-11-17-15-10-8-9-14(12-15)13-16;8-5-6-2-1-3-7(9)4-6/h8-10,12-13H,2-7,11H2,1H3;1-5,9H. The molecular formula is C22H28O4. The summed E-state index contributed by atoms with van der Waals surface area (Å²) in [6, 6.07) is 13.5. The van der Waals surface area contributed by atoms with Gasteiger partial charge in [0, 0.05) is 11.1 Å². The van der Waals surface area contributed by atoms with Gasteiger partial charge in [0.05, 0.1) is 6.61 Å². The Kier molecular flexibility index (Phi) is 11.2. The average molecular weight is 356 g/mol. The Labute approximate surface area is 155 Å². The number of benzene rings is 2. The van der Waals surface area contributed by atoms with Gasteiger partial charge >= 0.3 is 0 Å². The van der Waals surface area contributed by atoms with Crippen LogP contribution in [0.3, 0.4) is 0 Å². The smallest absolute Gasteiger partial charge is 0.150 e. The molecular weight excluding hydrogens is 328 g/mol. The molecule has 0 amide bonds. The van der Waals surface area contributed by atoms with Crippen LogP contribution < -0.4 is 4.74 Å². The molecule has 0 fully saturated rings. The Morgan fingerprint density at radius 1 is 0.846 bits per heavy atom. The van der Waals surface area contributed by atoms with E-state index >= 15 is 0 Å². The first kappa shape index (κ1) is 21.4. The SMILES string of the molecule is CCCCCCCCOc1cccc(C=O)c1.O=Cc1cccc(O)c1. The number of phenols is 1. The van der Waals surface area contributed by atoms with Gasteiger partial charge in [-0.2, -0.15) is 0 Å². The van der Waals surface area contributed by atoms with Crippen LogP contribution in [0.2, 0.25) is 0 Å². The van der Waals surface area contributed by atoms with Crippen molar-refractivity contribution >= 4 is 12.6 Å². The van der Waals surface area contributed by atoms with Gasteiger partial charge in [0.25, 0.3) is 0 Å². The number of aromatic hydroxyl groups is 1. The highest BCUT2D eigenvalue weighted by molar-refractivity contribution is 5.75. The van der Waals surface area contributed by atoms with Gasteiger partial charge in [-0.1, -0.05) is 63.3 Å². The molecule has 0 heterocycles. The van der Waals surface area contributed by atoms with E-state index in [0.717, 1.165) is 25.1 Å². The first-order valence-electron chi connectivity index (χ1n) is 9.12. The zero-order valence-electron chi connectivity index (χ0n) is 15.4. The second kappa shape index (κ2) is 13.6. The van der Waals surface area contributed by atoms with Crippen molar-refractivity contribution in [1.82, 2.24) is 0 Å². The lowest BCUT2D eigenvalue weighted by Gasteiger charge is -2.06. The van der Waals surface area contributed by atoms with Crippen LogP contribution in [0.15, 0.2) is 48.5 Å². The van der Waals surface area contributed by atoms with E-state index < -0.39 is 0 Å². The van der Waals surface area contributed by atoms with Crippen molar-refractivity contribution in [3.05, 3.63) is 59.7 Å². The van der Waals surface area contributed by atoms with Crippen molar-refractivity contribution in [2.45, 2.75) is 45.4 Å². The van der Waals surface area contributed by atoms with Crippen LogP contribution in [0.25, 0.3) is 0 Å². The van der Waals surface area contributed by atoms with E-state index in [4.69, 9.17) is 9.84 Å². The van der Waals surface area contributed by atoms with E-state index in [0.29, 0.717) is 17.4 Å². The monoisotopic (exact) mass is 356 g/mol. The van der Waals surface area contributed by atoms with Gasteiger partial charge in [-0.3, -0.25) is 9.59 Å². The van der Waals surface area contributed by atoms with Crippen LogP contribution in [0.1, 0.15) is 66.2 Å². The number of hydrogen-bond donors (Lipinski definition) is 1. The van der Waals surface area contributed by atoms with Crippen LogP contribution in [0.4, 0.5) is 0 Å². The predicted octanol–water partition coefficient (Wildman–Crippen LogP) is 5.44. The third kappa shape index (κ3) is 9.62. The van der Waals surface area contributed by atoms with Crippen molar-refractivity contribution < 1.29 is 19.4 Å². The van der Waals surface area contributed by atoms with Crippen LogP contribution in [0.5, 0.6) is 11.5 Å². The van der Waals surface area contributed by atoms with Crippen LogP contribution in [-0.4, -0.2) is 24.3 Å². The van der Waals surface area contributed by atoms with Gasteiger partial charge in [0.1, 0.15) is 24.1 Å². The van der Waals surface area contributed by atoms with Gasteiger partial charge in [-0.25, -0.2) is 0 Å². The van der Waals surface area contributed by atoms with Crippen LogP contribution >= 0.6 is 0 Å². The second-order valence-corrected chi connectivity index (χ2v) is 6.02. The molecule has 0 saturated heterocycles. The molecule has 2 aromatic carbocycles. The Morgan fingerprint density at radius 2 is 1.46 bits per heavy atom. The number of rotatable bonds is 10. The topological polar surface area (TPSA) is 63.6 Å². The molecule has 4 heteroatoms. The molecule has 0 bridgehead atoms. The minimum Gasteiger partial charge on any atom is -0.508 e. The summed E-state index contributed by atoms with van der Waals surface area (Å²) in [4.78, 5) is 20.6. The Morgan fingerprint density at radius 3 is 2.08 bits per heavy atom. The maximum Gasteiger partial charge on any atom is 0.150 e. The average Bonchev–Trinajstić information content (AvgIpc) is 2.68. The first-order valence-corrected chi connectivity index (χ1v) is 9.12. The Bertz CT molecular complexity index is 652. The van der Waals surface area contributed by atoms with Crippen molar-refractivity contribution in [2.24, 2.45) is 0 Å². The summed E-state index contributed by atoms with van der Waals surface area (Å²) < 4.78 is 5.60. The highest BCUT2D eigenvalue weighted by Gasteiger charge is 1.96. The third-order valence-corrected chi connectivity index (χ3v) is 3.77. The largest absolute Gasteiger partial charge is 0.508 e. The van der Waals surface area contributed by atoms with Crippen LogP contribution in [-0.2, 0) is 0 Å². The number of aldehydes is 2. The van der Waals surface area contributed by atoms with E-state index in [2.05, 4.69) is 6.92 Å². The number of carbonyl (C=O) groups is 2. The minimum absolute atomic E-state index is 0.125. The number of unbranched alkanes of at least 4 members (excludes halogenated alkanes) is 5. The molecule has 0 unspecified atom stereocenters. The fourth-order valence-electron chi connectivity index (χ4n) is 2.35. The summed E-state index contributed by atoms with van der Waals surface area (Å²) in [6.07, 6.45) is 9.11. The molecule has 0 spiro atoms. The summed E-state index contributed by atoms with van der Waals surface area (Å²) in [6.45, 7) is 2.97. The fraction of sp³-hybridized carbons (Fsp3) is 0.364. The lowest BCUT2D eigenvalue weighted by molar-refractivity contribution is 0.111. The molecule has 0 aromatic heterocycles. The zero-order chi connectivity index (χ0) is 19.0. The maximum atomic E-state index is 10.6. The highest BCUT2D eigenvalue weighted by Crippen LogP contribution is 2.13. The van der Waals surface area contributed by atoms with E-state index in [1.54, 1.807) is 24.3 Å². The summed E-state index contributed by atoms with van der Waals surface area (Å²) in [5.41, 5.74) is 1.17. The molecule has 26 heavy (non-hydrogen) atoms. The van der Waals surface area contributed by atoms with Gasteiger partial charge < -0.3 is 9.84 Å². The molecule has 0 atom stereocenters. The van der Waals surface area contributed by atoms with Crippen molar-refractivity contribution in [3.8, 4) is 11.5 Å². The molecule has 4 nitrogen and oxygen atoms in total. The molecule has 0 aliphatic rings. The molecule has 0 radical (unpaired) electrons. The van der Waals surface area contributed by atoms with E-state index in [-0.39, 0.29) is 5.75 Å². The predicted molar refractivity (Wildman–Crippen MR) is 104 cm³/mol. The number of carbonyl (C=O) groups excluding carboxylic acids is 2. The van der Waals surface area contributed by atoms with Crippen LogP contribution in [0, 0.1) is 0 Å². The molecule has 0 aliphatic heterocycles. The summed E-state index contributed by atoms with van der Waals surface area (Å²) >= 11 is 0. The van der Waals surface area contributed by atoms with Gasteiger partial charge in [-0.05, 0) is 30.7 Å². The third-order valence-electron chi connectivity index (χ3n) is 3.77. The molecule has 0 saturated carbocycles. The lowest BCUT2D eigenvalue weighted by atomic mass is 10.1. The normalized spacial score (nSPS) is 9.73. The fourth-order valence-corrected chi connectivity index (χ4v) is 2.35. The molecule has 2 aromatic rings. The molecule has 2 rings (SSSR count). The summed E-state index contributed by atoms with van der Waals surface area (Å²) in [5, 5.41) is 8.79. The van der Waals surface area contributed by atoms with Gasteiger partial charge in [-0.15, -0.1) is 0 Å². The van der Waals surface area contributed by atoms with Crippen molar-refractivity contribution in [2.75, 3.05) is 6.61 Å². The summed E-state index contributed by atoms with van der Waals surface area (Å²) in [7, 11) is 0. The quantitative estimate of drug-likeness (QED) is 0.454. The first-order chi connectivity index (χ1) is 12.7. The van der Waals surface area contributed by atoms with Gasteiger partial charge in [0.15, 0.2) is 0 Å². The minimum atomic E-state index is 0.125. The van der Waals surface area contributed by atoms with Gasteiger partial charge in [0.2, 0.25) is 0 Å². The highest BCUT2D eigenvalue weighted by atomic mass is 16.5. The zero-order valence-corrected chi connectivity index (χ0v) is 15.4. The van der Waals surface area contributed by atoms with E-state index in [1.807, 2.05) is 12.1 Å². The summed E-state index contributed by atoms with van der Waals surface area (Å²) in [5.74, 6) is 0.919. The lowest BCUT2D eigenvalue weighted by Crippen LogP contribution is -1.97.